The van der Waals surface area contributed by atoms with Crippen LogP contribution in [0.4, 0.5) is 5.69 Å². The quantitative estimate of drug-likeness (QED) is 0.735. The highest BCUT2D eigenvalue weighted by Crippen LogP contribution is 2.54. The maximum atomic E-state index is 10.7. The van der Waals surface area contributed by atoms with Crippen LogP contribution in [0.25, 0.3) is 0 Å². The summed E-state index contributed by atoms with van der Waals surface area (Å²) in [5, 5.41) is 10.7. The highest BCUT2D eigenvalue weighted by molar-refractivity contribution is 5.56. The van der Waals surface area contributed by atoms with E-state index in [0.29, 0.717) is 5.92 Å². The zero-order chi connectivity index (χ0) is 18.2. The van der Waals surface area contributed by atoms with E-state index in [1.165, 1.54) is 16.9 Å². The molecule has 2 nitrogen and oxygen atoms in total. The Balaban J connectivity index is 1.71. The van der Waals surface area contributed by atoms with Crippen molar-refractivity contribution in [2.24, 2.45) is 11.3 Å². The maximum Gasteiger partial charge on any atom is 0.0852 e. The summed E-state index contributed by atoms with van der Waals surface area (Å²) in [5.74, 6) is 0.685. The van der Waals surface area contributed by atoms with Crippen LogP contribution in [-0.4, -0.2) is 17.3 Å². The average Bonchev–Trinajstić information content (AvgIpc) is 2.88. The fourth-order valence-corrected chi connectivity index (χ4v) is 4.57. The molecule has 1 N–H and O–H groups in total. The standard InChI is InChI=1S/C23H33NO/c1-17(2)16-20-6-8-21(9-7-20)24-15-14-22(19(24)5)10-12-23(25,13-11-22)18(3)4/h6-9,17,25H,3,5,10-16H2,1-2,4H3. The molecular formula is C23H33NO. The monoisotopic (exact) mass is 339 g/mol. The van der Waals surface area contributed by atoms with Gasteiger partial charge in [0.15, 0.2) is 0 Å². The summed E-state index contributed by atoms with van der Waals surface area (Å²) in [4.78, 5) is 2.39. The van der Waals surface area contributed by atoms with Crippen LogP contribution in [-0.2, 0) is 6.42 Å². The lowest BCUT2D eigenvalue weighted by atomic mass is 9.65. The van der Waals surface area contributed by atoms with Gasteiger partial charge in [-0.25, -0.2) is 0 Å². The van der Waals surface area contributed by atoms with Crippen molar-refractivity contribution in [2.75, 3.05) is 11.4 Å². The molecule has 0 aromatic heterocycles. The second-order valence-corrected chi connectivity index (χ2v) is 8.70. The van der Waals surface area contributed by atoms with Crippen LogP contribution in [0.2, 0.25) is 0 Å². The lowest BCUT2D eigenvalue weighted by Crippen LogP contribution is -2.40. The van der Waals surface area contributed by atoms with Gasteiger partial charge in [0.05, 0.1) is 5.60 Å². The number of allylic oxidation sites excluding steroid dienone is 1. The molecule has 0 unspecified atom stereocenters. The number of hydrogen-bond acceptors (Lipinski definition) is 2. The Kier molecular flexibility index (Phi) is 4.85. The van der Waals surface area contributed by atoms with E-state index in [1.807, 2.05) is 6.92 Å². The molecule has 2 fully saturated rings. The fraction of sp³-hybridized carbons (Fsp3) is 0.565. The Morgan fingerprint density at radius 2 is 1.72 bits per heavy atom. The van der Waals surface area contributed by atoms with Gasteiger partial charge >= 0.3 is 0 Å². The van der Waals surface area contributed by atoms with E-state index in [9.17, 15) is 5.11 Å². The largest absolute Gasteiger partial charge is 0.386 e. The molecule has 0 atom stereocenters. The van der Waals surface area contributed by atoms with Crippen molar-refractivity contribution in [1.82, 2.24) is 0 Å². The van der Waals surface area contributed by atoms with Crippen LogP contribution in [0.3, 0.4) is 0 Å². The van der Waals surface area contributed by atoms with E-state index in [1.54, 1.807) is 0 Å². The molecule has 2 heteroatoms. The zero-order valence-electron chi connectivity index (χ0n) is 16.1. The van der Waals surface area contributed by atoms with Crippen molar-refractivity contribution in [3.8, 4) is 0 Å². The molecule has 2 aliphatic rings. The molecule has 1 aliphatic heterocycles. The highest BCUT2D eigenvalue weighted by atomic mass is 16.3. The van der Waals surface area contributed by atoms with Gasteiger partial charge in [-0.15, -0.1) is 0 Å². The number of nitrogens with zero attached hydrogens (tertiary/aromatic N) is 1. The molecule has 1 aromatic rings. The SMILES string of the molecule is C=C(C)C1(O)CCC2(CCN(c3ccc(CC(C)C)cc3)C2=C)CC1. The Hall–Kier alpha value is -1.54. The molecule has 1 heterocycles. The van der Waals surface area contributed by atoms with Crippen LogP contribution >= 0.6 is 0 Å². The second kappa shape index (κ2) is 6.64. The molecule has 1 aromatic carbocycles. The van der Waals surface area contributed by atoms with Gasteiger partial charge < -0.3 is 10.0 Å². The Bertz CT molecular complexity index is 647. The zero-order valence-corrected chi connectivity index (χ0v) is 16.1. The summed E-state index contributed by atoms with van der Waals surface area (Å²) in [6.07, 6.45) is 5.91. The summed E-state index contributed by atoms with van der Waals surface area (Å²) < 4.78 is 0. The van der Waals surface area contributed by atoms with Gasteiger partial charge in [0.2, 0.25) is 0 Å². The summed E-state index contributed by atoms with van der Waals surface area (Å²) >= 11 is 0. The molecule has 0 bridgehead atoms. The van der Waals surface area contributed by atoms with Crippen molar-refractivity contribution in [3.05, 3.63) is 54.3 Å². The predicted molar refractivity (Wildman–Crippen MR) is 107 cm³/mol. The molecular weight excluding hydrogens is 306 g/mol. The molecule has 1 saturated carbocycles. The highest BCUT2D eigenvalue weighted by Gasteiger charge is 2.48. The third-order valence-electron chi connectivity index (χ3n) is 6.47. The average molecular weight is 340 g/mol. The van der Waals surface area contributed by atoms with Crippen LogP contribution in [0.5, 0.6) is 0 Å². The van der Waals surface area contributed by atoms with Gasteiger partial charge in [-0.3, -0.25) is 0 Å². The van der Waals surface area contributed by atoms with E-state index in [4.69, 9.17) is 0 Å². The second-order valence-electron chi connectivity index (χ2n) is 8.70. The smallest absolute Gasteiger partial charge is 0.0852 e. The fourth-order valence-electron chi connectivity index (χ4n) is 4.57. The maximum absolute atomic E-state index is 10.7. The molecule has 1 spiro atoms. The van der Waals surface area contributed by atoms with Gasteiger partial charge in [-0.05, 0) is 74.6 Å². The van der Waals surface area contributed by atoms with E-state index < -0.39 is 5.60 Å². The summed E-state index contributed by atoms with van der Waals surface area (Å²) in [7, 11) is 0. The van der Waals surface area contributed by atoms with Crippen LogP contribution in [0, 0.1) is 11.3 Å². The first-order valence-corrected chi connectivity index (χ1v) is 9.70. The Labute approximate surface area is 153 Å². The van der Waals surface area contributed by atoms with Crippen molar-refractivity contribution >= 4 is 5.69 Å². The lowest BCUT2D eigenvalue weighted by Gasteiger charge is -2.43. The van der Waals surface area contributed by atoms with Gasteiger partial charge in [-0.1, -0.05) is 39.1 Å². The van der Waals surface area contributed by atoms with E-state index >= 15 is 0 Å². The number of rotatable bonds is 4. The first-order valence-electron chi connectivity index (χ1n) is 9.70. The van der Waals surface area contributed by atoms with Crippen molar-refractivity contribution in [3.63, 3.8) is 0 Å². The van der Waals surface area contributed by atoms with Gasteiger partial charge in [0.25, 0.3) is 0 Å². The number of benzene rings is 1. The molecule has 0 amide bonds. The third kappa shape index (κ3) is 3.42. The van der Waals surface area contributed by atoms with Gasteiger partial charge in [0.1, 0.15) is 0 Å². The van der Waals surface area contributed by atoms with E-state index in [2.05, 4.69) is 56.2 Å². The first kappa shape index (κ1) is 18.3. The number of hydrogen-bond donors (Lipinski definition) is 1. The molecule has 1 aliphatic carbocycles. The summed E-state index contributed by atoms with van der Waals surface area (Å²) in [5.41, 5.74) is 4.31. The topological polar surface area (TPSA) is 23.5 Å². The lowest BCUT2D eigenvalue weighted by molar-refractivity contribution is 0.00760. The Morgan fingerprint density at radius 3 is 2.24 bits per heavy atom. The first-order chi connectivity index (χ1) is 11.8. The van der Waals surface area contributed by atoms with Crippen molar-refractivity contribution in [1.29, 1.82) is 0 Å². The minimum absolute atomic E-state index is 0.165. The van der Waals surface area contributed by atoms with Gasteiger partial charge in [0, 0.05) is 23.3 Å². The van der Waals surface area contributed by atoms with Crippen LogP contribution < -0.4 is 4.90 Å². The number of anilines is 1. The van der Waals surface area contributed by atoms with Crippen molar-refractivity contribution < 1.29 is 5.11 Å². The number of aliphatic hydroxyl groups is 1. The van der Waals surface area contributed by atoms with Crippen LogP contribution in [0.15, 0.2) is 48.7 Å². The Morgan fingerprint density at radius 1 is 1.12 bits per heavy atom. The molecule has 25 heavy (non-hydrogen) atoms. The van der Waals surface area contributed by atoms with Gasteiger partial charge in [-0.2, -0.15) is 0 Å². The minimum Gasteiger partial charge on any atom is -0.386 e. The molecule has 1 saturated heterocycles. The summed E-state index contributed by atoms with van der Waals surface area (Å²) in [6, 6.07) is 9.01. The minimum atomic E-state index is -0.669. The summed E-state index contributed by atoms with van der Waals surface area (Å²) in [6.45, 7) is 16.0. The molecule has 136 valence electrons. The normalized spacial score (nSPS) is 29.6. The predicted octanol–water partition coefficient (Wildman–Crippen LogP) is 5.48. The van der Waals surface area contributed by atoms with E-state index in [-0.39, 0.29) is 5.41 Å². The van der Waals surface area contributed by atoms with Crippen LogP contribution in [0.1, 0.15) is 58.4 Å². The van der Waals surface area contributed by atoms with Crippen molar-refractivity contribution in [2.45, 2.75) is 64.9 Å². The van der Waals surface area contributed by atoms with E-state index in [0.717, 1.165) is 50.6 Å². The molecule has 3 rings (SSSR count). The molecule has 0 radical (unpaired) electrons. The third-order valence-corrected chi connectivity index (χ3v) is 6.47.